The Bertz CT molecular complexity index is 1730. The molecule has 0 bridgehead atoms. The molecule has 284 valence electrons. The predicted molar refractivity (Wildman–Crippen MR) is 208 cm³/mol. The maximum Gasteiger partial charge on any atom is 0.309 e. The van der Waals surface area contributed by atoms with Crippen LogP contribution in [-0.4, -0.2) is 54.8 Å². The average Bonchev–Trinajstić information content (AvgIpc) is 3.20. The summed E-state index contributed by atoms with van der Waals surface area (Å²) in [6.07, 6.45) is 7.41. The van der Waals surface area contributed by atoms with Crippen LogP contribution in [0.25, 0.3) is 0 Å². The molecule has 1 aliphatic rings. The van der Waals surface area contributed by atoms with Gasteiger partial charge in [0.15, 0.2) is 0 Å². The Morgan fingerprint density at radius 3 is 2.11 bits per heavy atom. The molecule has 1 heterocycles. The van der Waals surface area contributed by atoms with Gasteiger partial charge in [0.25, 0.3) is 0 Å². The van der Waals surface area contributed by atoms with Gasteiger partial charge in [0.1, 0.15) is 19.0 Å². The smallest absolute Gasteiger partial charge is 0.309 e. The number of aliphatic hydroxyl groups excluding tert-OH is 1. The minimum atomic E-state index is -0.678. The first-order valence-electron chi connectivity index (χ1n) is 18.9. The van der Waals surface area contributed by atoms with Gasteiger partial charge < -0.3 is 30.0 Å². The first-order chi connectivity index (χ1) is 26.4. The quantitative estimate of drug-likeness (QED) is 0.0939. The van der Waals surface area contributed by atoms with Crippen molar-refractivity contribution in [3.8, 4) is 5.75 Å². The highest BCUT2D eigenvalue weighted by atomic mass is 16.5. The molecule has 3 N–H and O–H groups in total. The molecule has 9 nitrogen and oxygen atoms in total. The van der Waals surface area contributed by atoms with Crippen molar-refractivity contribution in [2.75, 3.05) is 19.8 Å². The molecule has 0 saturated carbocycles. The number of cyclic esters (lactones) is 1. The summed E-state index contributed by atoms with van der Waals surface area (Å²) in [5.41, 5.74) is 4.05. The summed E-state index contributed by atoms with van der Waals surface area (Å²) in [5.74, 6) is -1.23. The second-order valence-electron chi connectivity index (χ2n) is 13.8. The van der Waals surface area contributed by atoms with E-state index < -0.39 is 18.0 Å². The highest BCUT2D eigenvalue weighted by molar-refractivity contribution is 5.86. The topological polar surface area (TPSA) is 123 Å². The number of ether oxygens (including phenoxy) is 3. The molecule has 1 aliphatic heterocycles. The number of amides is 2. The number of benzene rings is 4. The lowest BCUT2D eigenvalue weighted by Gasteiger charge is -2.24. The zero-order valence-corrected chi connectivity index (χ0v) is 30.8. The molecule has 0 radical (unpaired) electrons. The molecule has 0 aliphatic carbocycles. The fourth-order valence-electron chi connectivity index (χ4n) is 6.41. The van der Waals surface area contributed by atoms with Crippen LogP contribution in [0.5, 0.6) is 5.75 Å². The molecule has 0 aromatic heterocycles. The number of carbonyl (C=O) groups is 3. The number of carbonyl (C=O) groups excluding carboxylic acids is 3. The molecular weight excluding hydrogens is 681 g/mol. The Morgan fingerprint density at radius 2 is 1.44 bits per heavy atom. The van der Waals surface area contributed by atoms with Gasteiger partial charge in [-0.25, -0.2) is 0 Å². The largest absolute Gasteiger partial charge is 0.489 e. The summed E-state index contributed by atoms with van der Waals surface area (Å²) < 4.78 is 17.7. The second kappa shape index (κ2) is 22.1. The van der Waals surface area contributed by atoms with Crippen molar-refractivity contribution in [3.63, 3.8) is 0 Å². The maximum absolute atomic E-state index is 13.8. The second-order valence-corrected chi connectivity index (χ2v) is 13.8. The molecular formula is C45H52N2O7. The van der Waals surface area contributed by atoms with E-state index in [1.54, 1.807) is 0 Å². The monoisotopic (exact) mass is 732 g/mol. The molecule has 0 fully saturated rings. The molecule has 0 unspecified atom stereocenters. The standard InChI is InChI=1S/C45H52N2O7/c48-29-40(27-35-22-24-42(25-23-35)53-31-37-18-10-5-11-19-37)46-43(49)28-38-20-12-1-2-13-21-39(26-34-14-6-3-7-15-34)45(51)54-33-41(47-44(38)50)32-52-30-36-16-8-4-9-17-36/h1,3-12,14-19,22-25,38-41,48H,2,13,20-21,26-33H2,(H,46,49)(H,47,50)/t38-,39-,40+,41+/m1/s1. The van der Waals surface area contributed by atoms with Gasteiger partial charge >= 0.3 is 5.97 Å². The number of allylic oxidation sites excluding steroid dienone is 2. The summed E-state index contributed by atoms with van der Waals surface area (Å²) in [6, 6.07) is 36.0. The van der Waals surface area contributed by atoms with Crippen molar-refractivity contribution < 1.29 is 33.7 Å². The van der Waals surface area contributed by atoms with Crippen LogP contribution in [0, 0.1) is 11.8 Å². The molecule has 2 amide bonds. The summed E-state index contributed by atoms with van der Waals surface area (Å²) in [5, 5.41) is 16.1. The van der Waals surface area contributed by atoms with Crippen molar-refractivity contribution in [1.29, 1.82) is 0 Å². The van der Waals surface area contributed by atoms with E-state index in [1.807, 2.05) is 127 Å². The normalized spacial score (nSPS) is 18.8. The first-order valence-corrected chi connectivity index (χ1v) is 18.9. The van der Waals surface area contributed by atoms with Crippen LogP contribution in [0.1, 0.15) is 54.4 Å². The van der Waals surface area contributed by atoms with E-state index in [-0.39, 0.29) is 49.9 Å². The lowest BCUT2D eigenvalue weighted by atomic mass is 9.93. The maximum atomic E-state index is 13.8. The van der Waals surface area contributed by atoms with E-state index >= 15 is 0 Å². The van der Waals surface area contributed by atoms with E-state index in [0.717, 1.165) is 40.8 Å². The highest BCUT2D eigenvalue weighted by Gasteiger charge is 2.27. The number of hydrogen-bond acceptors (Lipinski definition) is 7. The molecule has 0 spiro atoms. The molecule has 5 rings (SSSR count). The molecule has 54 heavy (non-hydrogen) atoms. The molecule has 4 aromatic rings. The van der Waals surface area contributed by atoms with Gasteiger partial charge in [-0.3, -0.25) is 14.4 Å². The van der Waals surface area contributed by atoms with E-state index in [1.165, 1.54) is 0 Å². The van der Waals surface area contributed by atoms with Crippen molar-refractivity contribution in [2.45, 2.75) is 70.2 Å². The third kappa shape index (κ3) is 14.0. The molecule has 0 saturated heterocycles. The van der Waals surface area contributed by atoms with Crippen LogP contribution in [0.15, 0.2) is 127 Å². The van der Waals surface area contributed by atoms with Crippen molar-refractivity contribution in [1.82, 2.24) is 10.6 Å². The van der Waals surface area contributed by atoms with Gasteiger partial charge in [-0.1, -0.05) is 115 Å². The van der Waals surface area contributed by atoms with Crippen molar-refractivity contribution in [2.24, 2.45) is 11.8 Å². The van der Waals surface area contributed by atoms with Crippen molar-refractivity contribution >= 4 is 17.8 Å². The van der Waals surface area contributed by atoms with Crippen molar-refractivity contribution in [3.05, 3.63) is 150 Å². The fourth-order valence-corrected chi connectivity index (χ4v) is 6.41. The minimum absolute atomic E-state index is 0.0535. The number of rotatable bonds is 15. The van der Waals surface area contributed by atoms with Crippen LogP contribution in [-0.2, 0) is 49.9 Å². The Hall–Kier alpha value is -5.25. The van der Waals surface area contributed by atoms with Gasteiger partial charge in [0, 0.05) is 6.42 Å². The fraction of sp³-hybridized carbons (Fsp3) is 0.356. The number of aliphatic hydroxyl groups is 1. The average molecular weight is 733 g/mol. The number of nitrogens with one attached hydrogen (secondary N) is 2. The van der Waals surface area contributed by atoms with Gasteiger partial charge in [-0.15, -0.1) is 0 Å². The predicted octanol–water partition coefficient (Wildman–Crippen LogP) is 6.53. The zero-order valence-electron chi connectivity index (χ0n) is 30.8. The SMILES string of the molecule is O=C(C[C@H]1CC=CCCC[C@H](Cc2ccccc2)C(=O)OC[C@H](COCc2ccccc2)NC1=O)N[C@H](CO)Cc1ccc(OCc2ccccc2)cc1. The Labute approximate surface area is 318 Å². The molecule has 9 heteroatoms. The molecule has 4 atom stereocenters. The van der Waals surface area contributed by atoms with Crippen LogP contribution >= 0.6 is 0 Å². The van der Waals surface area contributed by atoms with Gasteiger partial charge in [0.05, 0.1) is 43.7 Å². The number of hydrogen-bond donors (Lipinski definition) is 3. The van der Waals surface area contributed by atoms with Gasteiger partial charge in [-0.2, -0.15) is 0 Å². The van der Waals surface area contributed by atoms with E-state index in [9.17, 15) is 19.5 Å². The van der Waals surface area contributed by atoms with Crippen LogP contribution < -0.4 is 15.4 Å². The zero-order chi connectivity index (χ0) is 37.8. The van der Waals surface area contributed by atoms with Crippen LogP contribution in [0.3, 0.4) is 0 Å². The minimum Gasteiger partial charge on any atom is -0.489 e. The van der Waals surface area contributed by atoms with E-state index in [0.29, 0.717) is 38.9 Å². The van der Waals surface area contributed by atoms with Crippen LogP contribution in [0.2, 0.25) is 0 Å². The summed E-state index contributed by atoms with van der Waals surface area (Å²) in [6.45, 7) is 0.600. The van der Waals surface area contributed by atoms with Gasteiger partial charge in [-0.05, 0) is 72.9 Å². The van der Waals surface area contributed by atoms with Crippen LogP contribution in [0.4, 0.5) is 0 Å². The third-order valence-corrected chi connectivity index (χ3v) is 9.41. The summed E-state index contributed by atoms with van der Waals surface area (Å²) >= 11 is 0. The highest BCUT2D eigenvalue weighted by Crippen LogP contribution is 2.20. The first kappa shape index (κ1) is 39.9. The lowest BCUT2D eigenvalue weighted by molar-refractivity contribution is -0.151. The Kier molecular flexibility index (Phi) is 16.3. The molecule has 4 aromatic carbocycles. The number of esters is 1. The summed E-state index contributed by atoms with van der Waals surface area (Å²) in [7, 11) is 0. The Balaban J connectivity index is 1.20. The Morgan fingerprint density at radius 1 is 0.796 bits per heavy atom. The lowest BCUT2D eigenvalue weighted by Crippen LogP contribution is -2.46. The third-order valence-electron chi connectivity index (χ3n) is 9.41. The van der Waals surface area contributed by atoms with E-state index in [4.69, 9.17) is 14.2 Å². The van der Waals surface area contributed by atoms with Gasteiger partial charge in [0.2, 0.25) is 11.8 Å². The van der Waals surface area contributed by atoms with E-state index in [2.05, 4.69) is 10.6 Å². The summed E-state index contributed by atoms with van der Waals surface area (Å²) in [4.78, 5) is 40.6.